The summed E-state index contributed by atoms with van der Waals surface area (Å²) in [5.41, 5.74) is 14.6. The van der Waals surface area contributed by atoms with Crippen molar-refractivity contribution in [2.75, 3.05) is 31.8 Å². The maximum absolute atomic E-state index is 12.6. The number of nitrogen functional groups attached to an aromatic ring is 2. The molecule has 0 heterocycles. The minimum absolute atomic E-state index is 0.170. The summed E-state index contributed by atoms with van der Waals surface area (Å²) in [6.07, 6.45) is 4.40. The van der Waals surface area contributed by atoms with Gasteiger partial charge in [-0.2, -0.15) is 5.26 Å². The molecule has 3 rings (SSSR count). The van der Waals surface area contributed by atoms with Crippen LogP contribution in [0.4, 0.5) is 11.4 Å². The van der Waals surface area contributed by atoms with Crippen molar-refractivity contribution < 1.29 is 28.5 Å². The first kappa shape index (κ1) is 27.6. The average molecular weight is 516 g/mol. The van der Waals surface area contributed by atoms with Gasteiger partial charge in [0.2, 0.25) is 0 Å². The van der Waals surface area contributed by atoms with Crippen LogP contribution in [-0.2, 0) is 16.0 Å². The average Bonchev–Trinajstić information content (AvgIpc) is 2.92. The lowest BCUT2D eigenvalue weighted by molar-refractivity contribution is -0.137. The molecule has 3 aromatic carbocycles. The van der Waals surface area contributed by atoms with Crippen molar-refractivity contribution >= 4 is 29.4 Å². The Morgan fingerprint density at radius 1 is 0.974 bits per heavy atom. The molecular formula is C29H29N3O6. The number of nitrogens with two attached hydrogens (primary N) is 2. The zero-order chi connectivity index (χ0) is 27.3. The van der Waals surface area contributed by atoms with Gasteiger partial charge in [-0.05, 0) is 72.2 Å². The molecule has 0 saturated heterocycles. The second kappa shape index (κ2) is 13.9. The van der Waals surface area contributed by atoms with Gasteiger partial charge in [-0.15, -0.1) is 0 Å². The summed E-state index contributed by atoms with van der Waals surface area (Å²) in [4.78, 5) is 24.7. The molecule has 4 N–H and O–H groups in total. The summed E-state index contributed by atoms with van der Waals surface area (Å²) in [6, 6.07) is 18.7. The number of unbranched alkanes of at least 4 members (excludes halogenated alkanes) is 1. The van der Waals surface area contributed by atoms with E-state index in [-0.39, 0.29) is 12.4 Å². The highest BCUT2D eigenvalue weighted by Gasteiger charge is 2.13. The van der Waals surface area contributed by atoms with E-state index < -0.39 is 11.9 Å². The van der Waals surface area contributed by atoms with Crippen molar-refractivity contribution in [3.8, 4) is 23.3 Å². The molecule has 3 aromatic rings. The molecule has 196 valence electrons. The van der Waals surface area contributed by atoms with Crippen LogP contribution in [0.5, 0.6) is 17.2 Å². The minimum atomic E-state index is -0.562. The molecule has 0 radical (unpaired) electrons. The number of benzene rings is 3. The van der Waals surface area contributed by atoms with E-state index in [1.807, 2.05) is 0 Å². The lowest BCUT2D eigenvalue weighted by Crippen LogP contribution is -2.09. The summed E-state index contributed by atoms with van der Waals surface area (Å²) in [6.45, 7) is 0.593. The monoisotopic (exact) mass is 515 g/mol. The summed E-state index contributed by atoms with van der Waals surface area (Å²) < 4.78 is 21.6. The fourth-order valence-electron chi connectivity index (χ4n) is 3.37. The third kappa shape index (κ3) is 8.31. The highest BCUT2D eigenvalue weighted by atomic mass is 16.6. The number of nitriles is 1. The Morgan fingerprint density at radius 3 is 2.47 bits per heavy atom. The van der Waals surface area contributed by atoms with Crippen molar-refractivity contribution in [2.45, 2.75) is 19.3 Å². The number of rotatable bonds is 12. The maximum Gasteiger partial charge on any atom is 0.343 e. The molecule has 0 unspecified atom stereocenters. The van der Waals surface area contributed by atoms with E-state index in [1.54, 1.807) is 66.7 Å². The van der Waals surface area contributed by atoms with Crippen LogP contribution in [0.1, 0.15) is 34.3 Å². The van der Waals surface area contributed by atoms with Crippen molar-refractivity contribution in [3.63, 3.8) is 0 Å². The topological polar surface area (TPSA) is 147 Å². The van der Waals surface area contributed by atoms with Gasteiger partial charge in [-0.3, -0.25) is 0 Å². The molecule has 38 heavy (non-hydrogen) atoms. The predicted octanol–water partition coefficient (Wildman–Crippen LogP) is 4.56. The van der Waals surface area contributed by atoms with Crippen LogP contribution in [-0.4, -0.2) is 32.3 Å². The molecule has 0 aliphatic rings. The molecule has 0 amide bonds. The summed E-state index contributed by atoms with van der Waals surface area (Å²) >= 11 is 0. The third-order valence-electron chi connectivity index (χ3n) is 5.38. The first-order valence-corrected chi connectivity index (χ1v) is 11.9. The molecule has 0 atom stereocenters. The molecule has 0 fully saturated rings. The molecule has 9 nitrogen and oxygen atoms in total. The smallest absolute Gasteiger partial charge is 0.343 e. The molecule has 0 aromatic heterocycles. The number of nitrogens with zero attached hydrogens (tertiary/aromatic N) is 1. The van der Waals surface area contributed by atoms with Crippen LogP contribution < -0.4 is 25.7 Å². The van der Waals surface area contributed by atoms with E-state index in [1.165, 1.54) is 13.2 Å². The maximum atomic E-state index is 12.6. The summed E-state index contributed by atoms with van der Waals surface area (Å²) in [7, 11) is 1.45. The van der Waals surface area contributed by atoms with E-state index in [4.69, 9.17) is 35.7 Å². The fourth-order valence-corrected chi connectivity index (χ4v) is 3.37. The van der Waals surface area contributed by atoms with Crippen LogP contribution in [0.3, 0.4) is 0 Å². The van der Waals surface area contributed by atoms with Crippen molar-refractivity contribution in [2.24, 2.45) is 0 Å². The highest BCUT2D eigenvalue weighted by Crippen LogP contribution is 2.29. The SMILES string of the molecule is COc1cc(/C=C/C(=O)OCCc2ccc(N)cc2N)ccc1OC(=O)c1ccc(OCCCC#N)cc1. The van der Waals surface area contributed by atoms with Gasteiger partial charge < -0.3 is 30.4 Å². The van der Waals surface area contributed by atoms with Crippen LogP contribution >= 0.6 is 0 Å². The Hall–Kier alpha value is -4.97. The Balaban J connectivity index is 1.53. The Kier molecular flexibility index (Phi) is 10.1. The van der Waals surface area contributed by atoms with Crippen LogP contribution in [0.2, 0.25) is 0 Å². The first-order chi connectivity index (χ1) is 18.4. The molecule has 0 spiro atoms. The molecule has 0 bridgehead atoms. The predicted molar refractivity (Wildman–Crippen MR) is 144 cm³/mol. The normalized spacial score (nSPS) is 10.5. The van der Waals surface area contributed by atoms with Gasteiger partial charge in [0.1, 0.15) is 5.75 Å². The van der Waals surface area contributed by atoms with Gasteiger partial charge in [0.15, 0.2) is 11.5 Å². The fraction of sp³-hybridized carbons (Fsp3) is 0.207. The standard InChI is InChI=1S/C29H29N3O6/c1-35-27-18-20(5-13-28(33)37-17-14-21-6-9-23(31)19-25(21)32)4-12-26(27)38-29(34)22-7-10-24(11-8-22)36-16-3-2-15-30/h4-13,18-19H,2-3,14,16-17,31-32H2,1H3/b13-5+. The molecule has 0 saturated carbocycles. The number of hydrogen-bond donors (Lipinski definition) is 2. The van der Waals surface area contributed by atoms with Gasteiger partial charge in [0.05, 0.1) is 32.0 Å². The Labute approximate surface area is 221 Å². The number of carbonyl (C=O) groups is 2. The van der Waals surface area contributed by atoms with E-state index in [9.17, 15) is 9.59 Å². The van der Waals surface area contributed by atoms with Crippen molar-refractivity contribution in [1.82, 2.24) is 0 Å². The quantitative estimate of drug-likeness (QED) is 0.116. The van der Waals surface area contributed by atoms with Gasteiger partial charge in [-0.25, -0.2) is 9.59 Å². The summed E-state index contributed by atoms with van der Waals surface area (Å²) in [5.74, 6) is 0.0836. The van der Waals surface area contributed by atoms with Crippen LogP contribution in [0.25, 0.3) is 6.08 Å². The number of anilines is 2. The molecule has 0 aliphatic heterocycles. The minimum Gasteiger partial charge on any atom is -0.494 e. The van der Waals surface area contributed by atoms with Crippen LogP contribution in [0, 0.1) is 11.3 Å². The number of methoxy groups -OCH3 is 1. The third-order valence-corrected chi connectivity index (χ3v) is 5.38. The molecular weight excluding hydrogens is 486 g/mol. The van der Waals surface area contributed by atoms with Crippen molar-refractivity contribution in [3.05, 3.63) is 83.4 Å². The van der Waals surface area contributed by atoms with Gasteiger partial charge in [0.25, 0.3) is 0 Å². The number of esters is 2. The second-order valence-electron chi connectivity index (χ2n) is 8.14. The highest BCUT2D eigenvalue weighted by molar-refractivity contribution is 5.91. The molecule has 0 aliphatic carbocycles. The lowest BCUT2D eigenvalue weighted by Gasteiger charge is -2.10. The van der Waals surface area contributed by atoms with Crippen molar-refractivity contribution in [1.29, 1.82) is 5.26 Å². The summed E-state index contributed by atoms with van der Waals surface area (Å²) in [5, 5.41) is 8.56. The van der Waals surface area contributed by atoms with Gasteiger partial charge >= 0.3 is 11.9 Å². The van der Waals surface area contributed by atoms with E-state index >= 15 is 0 Å². The van der Waals surface area contributed by atoms with E-state index in [2.05, 4.69) is 6.07 Å². The van der Waals surface area contributed by atoms with Gasteiger partial charge in [-0.1, -0.05) is 12.1 Å². The first-order valence-electron chi connectivity index (χ1n) is 11.9. The largest absolute Gasteiger partial charge is 0.494 e. The lowest BCUT2D eigenvalue weighted by atomic mass is 10.1. The number of carbonyl (C=O) groups excluding carboxylic acids is 2. The van der Waals surface area contributed by atoms with E-state index in [0.717, 1.165) is 5.56 Å². The Morgan fingerprint density at radius 2 is 1.76 bits per heavy atom. The molecule has 9 heteroatoms. The Bertz CT molecular complexity index is 1330. The number of hydrogen-bond acceptors (Lipinski definition) is 9. The van der Waals surface area contributed by atoms with E-state index in [0.29, 0.717) is 59.9 Å². The van der Waals surface area contributed by atoms with Crippen LogP contribution in [0.15, 0.2) is 66.7 Å². The zero-order valence-electron chi connectivity index (χ0n) is 21.0. The number of ether oxygens (including phenoxy) is 4. The van der Waals surface area contributed by atoms with Gasteiger partial charge in [0, 0.05) is 30.3 Å². The zero-order valence-corrected chi connectivity index (χ0v) is 21.0. The second-order valence-corrected chi connectivity index (χ2v) is 8.14.